The number of imidazole rings is 1. The number of nitrogens with one attached hydrogen (secondary N) is 1. The normalized spacial score (nSPS) is 26.4. The van der Waals surface area contributed by atoms with Crippen LogP contribution in [-0.2, 0) is 6.54 Å². The van der Waals surface area contributed by atoms with Gasteiger partial charge in [-0.15, -0.1) is 0 Å². The second-order valence-electron chi connectivity index (χ2n) is 6.46. The largest absolute Gasteiger partial charge is 0.316 e. The third-order valence-electron chi connectivity index (χ3n) is 4.86. The van der Waals surface area contributed by atoms with Gasteiger partial charge in [0.2, 0.25) is 0 Å². The number of fused-ring (bicyclic) bond motifs is 1. The molecule has 0 aliphatic carbocycles. The van der Waals surface area contributed by atoms with Crippen LogP contribution in [0.15, 0.2) is 18.3 Å². The summed E-state index contributed by atoms with van der Waals surface area (Å²) < 4.78 is 2.43. The fourth-order valence-electron chi connectivity index (χ4n) is 3.69. The Balaban J connectivity index is 1.69. The molecule has 2 saturated heterocycles. The summed E-state index contributed by atoms with van der Waals surface area (Å²) in [5.41, 5.74) is 2.14. The maximum Gasteiger partial charge on any atom is 0.160 e. The van der Waals surface area contributed by atoms with Crippen LogP contribution in [0.4, 0.5) is 0 Å². The van der Waals surface area contributed by atoms with E-state index in [1.54, 1.807) is 0 Å². The second kappa shape index (κ2) is 6.59. The summed E-state index contributed by atoms with van der Waals surface area (Å²) in [6.45, 7) is 3.28. The summed E-state index contributed by atoms with van der Waals surface area (Å²) in [6, 6.07) is 4.10. The first-order chi connectivity index (χ1) is 10.9. The van der Waals surface area contributed by atoms with Crippen molar-refractivity contribution in [2.75, 3.05) is 18.8 Å². The van der Waals surface area contributed by atoms with Crippen LogP contribution in [0.3, 0.4) is 0 Å². The molecular formula is C17H24N4S. The van der Waals surface area contributed by atoms with Crippen molar-refractivity contribution in [2.45, 2.75) is 49.8 Å². The number of hydrogen-bond acceptors (Lipinski definition) is 4. The predicted octanol–water partition coefficient (Wildman–Crippen LogP) is 3.18. The smallest absolute Gasteiger partial charge is 0.160 e. The highest BCUT2D eigenvalue weighted by Crippen LogP contribution is 2.31. The molecule has 0 amide bonds. The highest BCUT2D eigenvalue weighted by Gasteiger charge is 2.25. The average Bonchev–Trinajstić information content (AvgIpc) is 2.95. The topological polar surface area (TPSA) is 42.7 Å². The Bertz CT molecular complexity index is 627. The van der Waals surface area contributed by atoms with E-state index in [-0.39, 0.29) is 0 Å². The second-order valence-corrected chi connectivity index (χ2v) is 7.87. The first-order valence-corrected chi connectivity index (χ1v) is 9.60. The van der Waals surface area contributed by atoms with Gasteiger partial charge in [0, 0.05) is 30.5 Å². The lowest BCUT2D eigenvalue weighted by atomic mass is 9.99. The van der Waals surface area contributed by atoms with Gasteiger partial charge in [-0.05, 0) is 50.1 Å². The minimum Gasteiger partial charge on any atom is -0.316 e. The molecular weight excluding hydrogens is 292 g/mol. The van der Waals surface area contributed by atoms with E-state index in [1.165, 1.54) is 43.7 Å². The van der Waals surface area contributed by atoms with Crippen LogP contribution in [0.25, 0.3) is 11.2 Å². The van der Waals surface area contributed by atoms with E-state index in [1.807, 2.05) is 12.3 Å². The summed E-state index contributed by atoms with van der Waals surface area (Å²) in [5.74, 6) is 3.11. The lowest BCUT2D eigenvalue weighted by molar-refractivity contribution is 0.430. The molecule has 0 saturated carbocycles. The van der Waals surface area contributed by atoms with Crippen molar-refractivity contribution in [3.05, 3.63) is 24.2 Å². The van der Waals surface area contributed by atoms with Crippen LogP contribution in [0.1, 0.15) is 43.8 Å². The lowest BCUT2D eigenvalue weighted by Crippen LogP contribution is -2.31. The highest BCUT2D eigenvalue weighted by atomic mass is 32.2. The number of rotatable bonds is 3. The van der Waals surface area contributed by atoms with Gasteiger partial charge >= 0.3 is 0 Å². The molecule has 2 aliphatic rings. The number of thioether (sulfide) groups is 1. The fourth-order valence-corrected chi connectivity index (χ4v) is 4.99. The number of hydrogen-bond donors (Lipinski definition) is 1. The van der Waals surface area contributed by atoms with E-state index in [4.69, 9.17) is 4.98 Å². The van der Waals surface area contributed by atoms with E-state index in [0.717, 1.165) is 36.0 Å². The molecule has 0 radical (unpaired) electrons. The highest BCUT2D eigenvalue weighted by molar-refractivity contribution is 7.99. The van der Waals surface area contributed by atoms with Crippen molar-refractivity contribution in [3.63, 3.8) is 0 Å². The van der Waals surface area contributed by atoms with Gasteiger partial charge < -0.3 is 9.88 Å². The first kappa shape index (κ1) is 14.5. The summed E-state index contributed by atoms with van der Waals surface area (Å²) in [6.07, 6.45) is 8.48. The van der Waals surface area contributed by atoms with Crippen molar-refractivity contribution in [2.24, 2.45) is 0 Å². The van der Waals surface area contributed by atoms with Crippen molar-refractivity contribution < 1.29 is 0 Å². The van der Waals surface area contributed by atoms with E-state index in [0.29, 0.717) is 5.92 Å². The van der Waals surface area contributed by atoms with Gasteiger partial charge in [0.15, 0.2) is 5.65 Å². The molecule has 22 heavy (non-hydrogen) atoms. The predicted molar refractivity (Wildman–Crippen MR) is 92.5 cm³/mol. The minimum absolute atomic E-state index is 0.538. The molecule has 0 bridgehead atoms. The summed E-state index contributed by atoms with van der Waals surface area (Å²) in [4.78, 5) is 9.59. The average molecular weight is 316 g/mol. The van der Waals surface area contributed by atoms with Gasteiger partial charge in [-0.25, -0.2) is 9.97 Å². The quantitative estimate of drug-likeness (QED) is 0.944. The van der Waals surface area contributed by atoms with Crippen LogP contribution in [0, 0.1) is 0 Å². The van der Waals surface area contributed by atoms with E-state index in [2.05, 4.69) is 32.7 Å². The minimum atomic E-state index is 0.538. The van der Waals surface area contributed by atoms with Gasteiger partial charge in [-0.1, -0.05) is 6.42 Å². The molecule has 4 nitrogen and oxygen atoms in total. The third kappa shape index (κ3) is 2.88. The van der Waals surface area contributed by atoms with Gasteiger partial charge in [0.05, 0.1) is 0 Å². The van der Waals surface area contributed by atoms with Gasteiger partial charge in [-0.2, -0.15) is 11.8 Å². The zero-order valence-corrected chi connectivity index (χ0v) is 13.8. The molecule has 4 heterocycles. The number of nitrogens with zero attached hydrogens (tertiary/aromatic N) is 3. The molecule has 0 aromatic carbocycles. The van der Waals surface area contributed by atoms with E-state index >= 15 is 0 Å². The summed E-state index contributed by atoms with van der Waals surface area (Å²) in [7, 11) is 0. The standard InChI is InChI=1S/C17H24N4S/c1-2-10-22-14(6-1)12-21-16(13-5-3-8-18-11-13)20-15-7-4-9-19-17(15)21/h4,7,9,13-14,18H,1-3,5-6,8,10-12H2. The summed E-state index contributed by atoms with van der Waals surface area (Å²) in [5, 5.41) is 4.25. The Kier molecular flexibility index (Phi) is 4.35. The molecule has 118 valence electrons. The zero-order valence-electron chi connectivity index (χ0n) is 13.0. The third-order valence-corrected chi connectivity index (χ3v) is 6.24. The Hall–Kier alpha value is -1.07. The number of aromatic nitrogens is 3. The number of pyridine rings is 1. The van der Waals surface area contributed by atoms with Crippen molar-refractivity contribution in [3.8, 4) is 0 Å². The monoisotopic (exact) mass is 316 g/mol. The van der Waals surface area contributed by atoms with Crippen LogP contribution in [0.5, 0.6) is 0 Å². The van der Waals surface area contributed by atoms with E-state index in [9.17, 15) is 0 Å². The maximum absolute atomic E-state index is 4.95. The Morgan fingerprint density at radius 2 is 2.27 bits per heavy atom. The molecule has 1 N–H and O–H groups in total. The molecule has 2 unspecified atom stereocenters. The lowest BCUT2D eigenvalue weighted by Gasteiger charge is -2.26. The van der Waals surface area contributed by atoms with Crippen LogP contribution >= 0.6 is 11.8 Å². The SMILES string of the molecule is c1cnc2c(c1)nc(C1CCCNC1)n2CC1CCCCS1. The van der Waals surface area contributed by atoms with Crippen LogP contribution < -0.4 is 5.32 Å². The van der Waals surface area contributed by atoms with Crippen molar-refractivity contribution >= 4 is 22.9 Å². The molecule has 5 heteroatoms. The zero-order chi connectivity index (χ0) is 14.8. The van der Waals surface area contributed by atoms with Crippen molar-refractivity contribution in [1.82, 2.24) is 19.9 Å². The molecule has 4 rings (SSSR count). The maximum atomic E-state index is 4.95. The van der Waals surface area contributed by atoms with Gasteiger partial charge in [0.1, 0.15) is 11.3 Å². The van der Waals surface area contributed by atoms with Crippen molar-refractivity contribution in [1.29, 1.82) is 0 Å². The molecule has 2 fully saturated rings. The van der Waals surface area contributed by atoms with Gasteiger partial charge in [-0.3, -0.25) is 0 Å². The molecule has 2 aromatic rings. The fraction of sp³-hybridized carbons (Fsp3) is 0.647. The molecule has 0 spiro atoms. The number of piperidine rings is 1. The molecule has 2 atom stereocenters. The molecule has 2 aromatic heterocycles. The van der Waals surface area contributed by atoms with E-state index < -0.39 is 0 Å². The Labute approximate surface area is 136 Å². The van der Waals surface area contributed by atoms with Crippen LogP contribution in [0.2, 0.25) is 0 Å². The van der Waals surface area contributed by atoms with Gasteiger partial charge in [0.25, 0.3) is 0 Å². The Morgan fingerprint density at radius 1 is 1.27 bits per heavy atom. The first-order valence-electron chi connectivity index (χ1n) is 8.55. The Morgan fingerprint density at radius 3 is 3.09 bits per heavy atom. The summed E-state index contributed by atoms with van der Waals surface area (Å²) >= 11 is 2.13. The van der Waals surface area contributed by atoms with Crippen LogP contribution in [-0.4, -0.2) is 38.6 Å². The molecule has 2 aliphatic heterocycles.